The van der Waals surface area contributed by atoms with Crippen LogP contribution in [-0.4, -0.2) is 64.4 Å². The number of carbonyl (C=O) groups excluding carboxylic acids is 1. The van der Waals surface area contributed by atoms with Gasteiger partial charge in [0.25, 0.3) is 5.91 Å². The minimum Gasteiger partial charge on any atom is -0.336 e. The van der Waals surface area contributed by atoms with Gasteiger partial charge in [0, 0.05) is 47.8 Å². The van der Waals surface area contributed by atoms with Crippen molar-refractivity contribution in [1.82, 2.24) is 9.21 Å². The van der Waals surface area contributed by atoms with Gasteiger partial charge in [0.2, 0.25) is 10.0 Å². The number of hydrogen-bond acceptors (Lipinski definition) is 6. The molecule has 1 aliphatic heterocycles. The summed E-state index contributed by atoms with van der Waals surface area (Å²) in [6.45, 7) is 4.80. The number of sulfone groups is 1. The summed E-state index contributed by atoms with van der Waals surface area (Å²) >= 11 is 1.46. The molecule has 1 aromatic carbocycles. The maximum Gasteiger partial charge on any atom is 0.253 e. The SMILES string of the molecule is Cc1cc(S(=O)(=O)N2CCN(C(=O)c3ccc(CS(C)(=O)=O)cc3)CC2)c(C)s1. The molecule has 2 heterocycles. The maximum absolute atomic E-state index is 12.9. The fraction of sp³-hybridized carbons (Fsp3) is 0.421. The molecule has 0 radical (unpaired) electrons. The quantitative estimate of drug-likeness (QED) is 0.687. The molecule has 0 aliphatic carbocycles. The van der Waals surface area contributed by atoms with Crippen LogP contribution in [0.15, 0.2) is 35.2 Å². The van der Waals surface area contributed by atoms with E-state index in [1.54, 1.807) is 42.2 Å². The zero-order valence-electron chi connectivity index (χ0n) is 16.6. The van der Waals surface area contributed by atoms with Crippen LogP contribution >= 0.6 is 11.3 Å². The van der Waals surface area contributed by atoms with E-state index in [1.807, 2.05) is 6.92 Å². The summed E-state index contributed by atoms with van der Waals surface area (Å²) in [5.41, 5.74) is 1.09. The minimum atomic E-state index is -3.56. The molecule has 1 aromatic heterocycles. The summed E-state index contributed by atoms with van der Waals surface area (Å²) in [6, 6.07) is 8.20. The average molecular weight is 457 g/mol. The van der Waals surface area contributed by atoms with Gasteiger partial charge in [0.1, 0.15) is 0 Å². The fourth-order valence-electron chi connectivity index (χ4n) is 3.36. The number of aryl methyl sites for hydroxylation is 2. The number of rotatable bonds is 5. The number of amides is 1. The van der Waals surface area contributed by atoms with E-state index >= 15 is 0 Å². The van der Waals surface area contributed by atoms with Gasteiger partial charge in [-0.3, -0.25) is 4.79 Å². The molecular weight excluding hydrogens is 432 g/mol. The van der Waals surface area contributed by atoms with E-state index < -0.39 is 19.9 Å². The molecule has 1 aliphatic rings. The van der Waals surface area contributed by atoms with Crippen molar-refractivity contribution < 1.29 is 21.6 Å². The highest BCUT2D eigenvalue weighted by Gasteiger charge is 2.32. The van der Waals surface area contributed by atoms with E-state index in [1.165, 1.54) is 21.9 Å². The van der Waals surface area contributed by atoms with Gasteiger partial charge in [-0.2, -0.15) is 4.31 Å². The van der Waals surface area contributed by atoms with Gasteiger partial charge in [-0.1, -0.05) is 12.1 Å². The van der Waals surface area contributed by atoms with Crippen molar-refractivity contribution in [3.63, 3.8) is 0 Å². The standard InChI is InChI=1S/C19H24N2O5S3/c1-14-12-18(15(2)27-14)29(25,26)21-10-8-20(9-11-21)19(22)17-6-4-16(5-7-17)13-28(3,23)24/h4-7,12H,8-11,13H2,1-3H3. The first-order valence-corrected chi connectivity index (χ1v) is 13.4. The molecule has 0 saturated carbocycles. The highest BCUT2D eigenvalue weighted by Crippen LogP contribution is 2.28. The Bertz CT molecular complexity index is 1110. The van der Waals surface area contributed by atoms with E-state index in [2.05, 4.69) is 0 Å². The highest BCUT2D eigenvalue weighted by atomic mass is 32.2. The van der Waals surface area contributed by atoms with Crippen LogP contribution in [-0.2, 0) is 25.6 Å². The van der Waals surface area contributed by atoms with Gasteiger partial charge in [-0.05, 0) is 37.6 Å². The number of piperazine rings is 1. The van der Waals surface area contributed by atoms with Crippen molar-refractivity contribution in [2.75, 3.05) is 32.4 Å². The summed E-state index contributed by atoms with van der Waals surface area (Å²) < 4.78 is 50.0. The normalized spacial score (nSPS) is 16.2. The third-order valence-electron chi connectivity index (χ3n) is 4.77. The summed E-state index contributed by atoms with van der Waals surface area (Å²) in [6.07, 6.45) is 1.17. The molecule has 1 amide bonds. The lowest BCUT2D eigenvalue weighted by Gasteiger charge is -2.34. The molecule has 29 heavy (non-hydrogen) atoms. The Balaban J connectivity index is 1.66. The molecule has 1 saturated heterocycles. The lowest BCUT2D eigenvalue weighted by molar-refractivity contribution is 0.0698. The van der Waals surface area contributed by atoms with Crippen molar-refractivity contribution in [1.29, 1.82) is 0 Å². The predicted molar refractivity (Wildman–Crippen MR) is 113 cm³/mol. The Morgan fingerprint density at radius 3 is 2.07 bits per heavy atom. The number of thiophene rings is 1. The van der Waals surface area contributed by atoms with Gasteiger partial charge in [-0.15, -0.1) is 11.3 Å². The maximum atomic E-state index is 12.9. The number of nitrogens with zero attached hydrogens (tertiary/aromatic N) is 2. The molecule has 10 heteroatoms. The topological polar surface area (TPSA) is 91.8 Å². The van der Waals surface area contributed by atoms with E-state index in [0.29, 0.717) is 29.1 Å². The van der Waals surface area contributed by atoms with E-state index in [0.717, 1.165) is 9.75 Å². The Morgan fingerprint density at radius 1 is 1.00 bits per heavy atom. The average Bonchev–Trinajstić information content (AvgIpc) is 2.99. The molecule has 3 rings (SSSR count). The van der Waals surface area contributed by atoms with Crippen LogP contribution in [0, 0.1) is 13.8 Å². The van der Waals surface area contributed by atoms with Gasteiger partial charge in [0.05, 0.1) is 10.6 Å². The molecule has 1 fully saturated rings. The molecular formula is C19H24N2O5S3. The molecule has 158 valence electrons. The van der Waals surface area contributed by atoms with Gasteiger partial charge in [0.15, 0.2) is 9.84 Å². The van der Waals surface area contributed by atoms with Gasteiger partial charge in [-0.25, -0.2) is 16.8 Å². The third-order valence-corrected chi connectivity index (χ3v) is 8.75. The van der Waals surface area contributed by atoms with E-state index in [-0.39, 0.29) is 24.7 Å². The van der Waals surface area contributed by atoms with Crippen LogP contribution < -0.4 is 0 Å². The Kier molecular flexibility index (Phi) is 6.19. The van der Waals surface area contributed by atoms with E-state index in [4.69, 9.17) is 0 Å². The number of sulfonamides is 1. The van der Waals surface area contributed by atoms with Crippen molar-refractivity contribution in [2.24, 2.45) is 0 Å². The fourth-order valence-corrected chi connectivity index (χ4v) is 7.11. The van der Waals surface area contributed by atoms with Crippen molar-refractivity contribution in [3.05, 3.63) is 51.2 Å². The van der Waals surface area contributed by atoms with Crippen LogP contribution in [0.1, 0.15) is 25.7 Å². The summed E-state index contributed by atoms with van der Waals surface area (Å²) in [7, 11) is -6.69. The van der Waals surface area contributed by atoms with Gasteiger partial charge < -0.3 is 4.90 Å². The van der Waals surface area contributed by atoms with Crippen molar-refractivity contribution in [2.45, 2.75) is 24.5 Å². The minimum absolute atomic E-state index is 0.0700. The Labute approximate surface area is 175 Å². The third kappa shape index (κ3) is 5.06. The second kappa shape index (κ2) is 8.17. The van der Waals surface area contributed by atoms with Crippen LogP contribution in [0.3, 0.4) is 0 Å². The van der Waals surface area contributed by atoms with Crippen LogP contribution in [0.4, 0.5) is 0 Å². The number of hydrogen-bond donors (Lipinski definition) is 0. The molecule has 7 nitrogen and oxygen atoms in total. The second-order valence-corrected chi connectivity index (χ2v) is 12.7. The monoisotopic (exact) mass is 456 g/mol. The van der Waals surface area contributed by atoms with Crippen molar-refractivity contribution >= 4 is 37.1 Å². The summed E-state index contributed by atoms with van der Waals surface area (Å²) in [5, 5.41) is 0. The second-order valence-electron chi connectivity index (χ2n) is 7.24. The molecule has 0 spiro atoms. The zero-order chi connectivity index (χ0) is 21.4. The summed E-state index contributed by atoms with van der Waals surface area (Å²) in [5.74, 6) is -0.255. The van der Waals surface area contributed by atoms with E-state index in [9.17, 15) is 21.6 Å². The lowest BCUT2D eigenvalue weighted by Crippen LogP contribution is -2.50. The number of benzene rings is 1. The molecule has 0 atom stereocenters. The molecule has 0 unspecified atom stereocenters. The molecule has 0 bridgehead atoms. The van der Waals surface area contributed by atoms with Crippen LogP contribution in [0.2, 0.25) is 0 Å². The highest BCUT2D eigenvalue weighted by molar-refractivity contribution is 7.90. The largest absolute Gasteiger partial charge is 0.336 e. The summed E-state index contributed by atoms with van der Waals surface area (Å²) in [4.78, 5) is 16.4. The molecule has 2 aromatic rings. The van der Waals surface area contributed by atoms with Crippen LogP contribution in [0.5, 0.6) is 0 Å². The number of carbonyl (C=O) groups is 1. The predicted octanol–water partition coefficient (Wildman–Crippen LogP) is 2.06. The Morgan fingerprint density at radius 2 is 1.59 bits per heavy atom. The smallest absolute Gasteiger partial charge is 0.253 e. The van der Waals surface area contributed by atoms with Crippen molar-refractivity contribution in [3.8, 4) is 0 Å². The molecule has 0 N–H and O–H groups in total. The van der Waals surface area contributed by atoms with Crippen LogP contribution in [0.25, 0.3) is 0 Å². The first-order chi connectivity index (χ1) is 13.5. The first-order valence-electron chi connectivity index (χ1n) is 9.10. The first kappa shape index (κ1) is 21.9. The van der Waals surface area contributed by atoms with Gasteiger partial charge >= 0.3 is 0 Å². The Hall–Kier alpha value is -1.75. The zero-order valence-corrected chi connectivity index (χ0v) is 19.0. The lowest BCUT2D eigenvalue weighted by atomic mass is 10.1.